The summed E-state index contributed by atoms with van der Waals surface area (Å²) in [7, 11) is 0. The predicted octanol–water partition coefficient (Wildman–Crippen LogP) is 3.28. The lowest BCUT2D eigenvalue weighted by atomic mass is 10.1. The molecule has 34 heavy (non-hydrogen) atoms. The smallest absolute Gasteiger partial charge is 0.338 e. The van der Waals surface area contributed by atoms with Gasteiger partial charge in [-0.05, 0) is 42.0 Å². The molecule has 0 spiro atoms. The van der Waals surface area contributed by atoms with Gasteiger partial charge in [0.15, 0.2) is 6.61 Å². The van der Waals surface area contributed by atoms with Crippen LogP contribution < -0.4 is 5.32 Å². The van der Waals surface area contributed by atoms with Crippen molar-refractivity contribution in [2.45, 2.75) is 6.54 Å². The number of carbonyl (C=O) groups excluding carboxylic acids is 4. The summed E-state index contributed by atoms with van der Waals surface area (Å²) in [4.78, 5) is 51.1. The molecule has 0 atom stereocenters. The highest BCUT2D eigenvalue weighted by atomic mass is 32.1. The number of hydrogen-bond acceptors (Lipinski definition) is 8. The molecule has 1 aliphatic rings. The third-order valence-corrected chi connectivity index (χ3v) is 5.82. The fraction of sp³-hybridized carbons (Fsp3) is 0.0833. The minimum absolute atomic E-state index is 0.0135. The van der Waals surface area contributed by atoms with Crippen molar-refractivity contribution in [3.63, 3.8) is 0 Å². The molecule has 0 saturated carbocycles. The number of nitrogens with one attached hydrogen (secondary N) is 1. The Hall–Kier alpha value is -4.44. The SMILES string of the molecule is O=C(COC(=O)c1cccc(CN2C(=O)c3ccccc3C2=O)c1)Nc1cccc2nsnc12. The van der Waals surface area contributed by atoms with Gasteiger partial charge in [-0.1, -0.05) is 30.3 Å². The first-order valence-corrected chi connectivity index (χ1v) is 11.0. The van der Waals surface area contributed by atoms with Crippen molar-refractivity contribution in [1.29, 1.82) is 0 Å². The summed E-state index contributed by atoms with van der Waals surface area (Å²) in [5, 5.41) is 2.66. The zero-order valence-electron chi connectivity index (χ0n) is 17.6. The molecule has 9 nitrogen and oxygen atoms in total. The normalized spacial score (nSPS) is 12.6. The van der Waals surface area contributed by atoms with Gasteiger partial charge in [-0.15, -0.1) is 0 Å². The van der Waals surface area contributed by atoms with Crippen LogP contribution in [0.25, 0.3) is 11.0 Å². The van der Waals surface area contributed by atoms with E-state index >= 15 is 0 Å². The van der Waals surface area contributed by atoms with Crippen molar-refractivity contribution in [3.8, 4) is 0 Å². The van der Waals surface area contributed by atoms with Gasteiger partial charge in [0.1, 0.15) is 11.0 Å². The molecule has 0 radical (unpaired) electrons. The number of ether oxygens (including phenoxy) is 1. The zero-order valence-corrected chi connectivity index (χ0v) is 18.4. The summed E-state index contributed by atoms with van der Waals surface area (Å²) in [5.74, 6) is -1.98. The molecule has 2 heterocycles. The summed E-state index contributed by atoms with van der Waals surface area (Å²) >= 11 is 1.04. The van der Waals surface area contributed by atoms with Crippen LogP contribution in [0.15, 0.2) is 66.7 Å². The van der Waals surface area contributed by atoms with Gasteiger partial charge in [0, 0.05) is 0 Å². The van der Waals surface area contributed by atoms with Crippen molar-refractivity contribution >= 4 is 52.1 Å². The minimum atomic E-state index is -0.701. The van der Waals surface area contributed by atoms with Gasteiger partial charge in [-0.3, -0.25) is 19.3 Å². The maximum atomic E-state index is 12.6. The third-order valence-electron chi connectivity index (χ3n) is 5.28. The number of esters is 1. The number of fused-ring (bicyclic) bond motifs is 2. The Morgan fingerprint density at radius 2 is 1.65 bits per heavy atom. The molecule has 1 aromatic heterocycles. The molecule has 0 aliphatic carbocycles. The van der Waals surface area contributed by atoms with Gasteiger partial charge in [-0.2, -0.15) is 8.75 Å². The van der Waals surface area contributed by atoms with Crippen LogP contribution in [-0.2, 0) is 16.1 Å². The van der Waals surface area contributed by atoms with Crippen LogP contribution in [0.5, 0.6) is 0 Å². The monoisotopic (exact) mass is 472 g/mol. The lowest BCUT2D eigenvalue weighted by Crippen LogP contribution is -2.29. The number of rotatable bonds is 6. The number of aromatic nitrogens is 2. The molecule has 0 bridgehead atoms. The lowest BCUT2D eigenvalue weighted by Gasteiger charge is -2.14. The Bertz CT molecular complexity index is 1430. The Morgan fingerprint density at radius 3 is 2.41 bits per heavy atom. The highest BCUT2D eigenvalue weighted by Crippen LogP contribution is 2.25. The van der Waals surface area contributed by atoms with E-state index in [9.17, 15) is 19.2 Å². The number of hydrogen-bond donors (Lipinski definition) is 1. The van der Waals surface area contributed by atoms with E-state index in [1.54, 1.807) is 54.6 Å². The van der Waals surface area contributed by atoms with Crippen molar-refractivity contribution in [1.82, 2.24) is 13.6 Å². The summed E-state index contributed by atoms with van der Waals surface area (Å²) in [6.45, 7) is -0.477. The topological polar surface area (TPSA) is 119 Å². The molecule has 1 aliphatic heterocycles. The second-order valence-corrected chi connectivity index (χ2v) is 8.03. The van der Waals surface area contributed by atoms with Crippen LogP contribution in [0, 0.1) is 0 Å². The van der Waals surface area contributed by atoms with E-state index in [4.69, 9.17) is 4.74 Å². The molecular formula is C24H16N4O5S. The maximum Gasteiger partial charge on any atom is 0.338 e. The Labute approximate surface area is 197 Å². The van der Waals surface area contributed by atoms with E-state index in [2.05, 4.69) is 14.1 Å². The molecule has 168 valence electrons. The maximum absolute atomic E-state index is 12.6. The zero-order chi connectivity index (χ0) is 23.7. The van der Waals surface area contributed by atoms with E-state index < -0.39 is 18.5 Å². The molecule has 3 amide bonds. The fourth-order valence-electron chi connectivity index (χ4n) is 3.67. The summed E-state index contributed by atoms with van der Waals surface area (Å²) in [6, 6.07) is 18.2. The summed E-state index contributed by atoms with van der Waals surface area (Å²) in [6.07, 6.45) is 0. The van der Waals surface area contributed by atoms with Crippen molar-refractivity contribution < 1.29 is 23.9 Å². The van der Waals surface area contributed by atoms with Gasteiger partial charge in [-0.25, -0.2) is 4.79 Å². The molecule has 0 unspecified atom stereocenters. The van der Waals surface area contributed by atoms with Gasteiger partial charge >= 0.3 is 5.97 Å². The van der Waals surface area contributed by atoms with E-state index in [-0.39, 0.29) is 23.9 Å². The number of nitrogens with zero attached hydrogens (tertiary/aromatic N) is 3. The average molecular weight is 472 g/mol. The molecule has 0 saturated heterocycles. The second kappa shape index (κ2) is 8.83. The molecule has 3 aromatic carbocycles. The van der Waals surface area contributed by atoms with E-state index in [1.807, 2.05) is 0 Å². The van der Waals surface area contributed by atoms with E-state index in [0.29, 0.717) is 33.4 Å². The van der Waals surface area contributed by atoms with Crippen LogP contribution in [0.3, 0.4) is 0 Å². The molecule has 10 heteroatoms. The molecular weight excluding hydrogens is 456 g/mol. The van der Waals surface area contributed by atoms with Gasteiger partial charge in [0.25, 0.3) is 17.7 Å². The number of imide groups is 1. The first kappa shape index (κ1) is 21.4. The number of carbonyl (C=O) groups is 4. The highest BCUT2D eigenvalue weighted by molar-refractivity contribution is 7.00. The second-order valence-electron chi connectivity index (χ2n) is 7.50. The fourth-order valence-corrected chi connectivity index (χ4v) is 4.22. The predicted molar refractivity (Wildman–Crippen MR) is 123 cm³/mol. The van der Waals surface area contributed by atoms with Crippen molar-refractivity contribution in [2.75, 3.05) is 11.9 Å². The van der Waals surface area contributed by atoms with E-state index in [1.165, 1.54) is 12.1 Å². The van der Waals surface area contributed by atoms with Crippen LogP contribution in [0.1, 0.15) is 36.6 Å². The number of amides is 3. The van der Waals surface area contributed by atoms with Gasteiger partial charge < -0.3 is 10.1 Å². The number of anilines is 1. The van der Waals surface area contributed by atoms with Crippen LogP contribution in [0.2, 0.25) is 0 Å². The molecule has 4 aromatic rings. The molecule has 0 fully saturated rings. The minimum Gasteiger partial charge on any atom is -0.452 e. The molecule has 1 N–H and O–H groups in total. The van der Waals surface area contributed by atoms with Crippen molar-refractivity contribution in [2.24, 2.45) is 0 Å². The number of benzene rings is 3. The highest BCUT2D eigenvalue weighted by Gasteiger charge is 2.35. The molecule has 5 rings (SSSR count). The third kappa shape index (κ3) is 4.02. The lowest BCUT2D eigenvalue weighted by molar-refractivity contribution is -0.119. The van der Waals surface area contributed by atoms with Crippen molar-refractivity contribution in [3.05, 3.63) is 89.0 Å². The quantitative estimate of drug-likeness (QED) is 0.338. The first-order valence-electron chi connectivity index (χ1n) is 10.2. The Morgan fingerprint density at radius 1 is 0.912 bits per heavy atom. The standard InChI is InChI=1S/C24H16N4O5S/c29-20(25-18-9-4-10-19-21(18)27-34-26-19)13-33-24(32)15-6-3-5-14(11-15)12-28-22(30)16-7-1-2-8-17(16)23(28)31/h1-11H,12-13H2,(H,25,29). The van der Waals surface area contributed by atoms with E-state index in [0.717, 1.165) is 16.6 Å². The van der Waals surface area contributed by atoms with Crippen LogP contribution in [0.4, 0.5) is 5.69 Å². The average Bonchev–Trinajstić information content (AvgIpc) is 3.43. The first-order chi connectivity index (χ1) is 16.5. The van der Waals surface area contributed by atoms with Gasteiger partial charge in [0.05, 0.1) is 40.7 Å². The Balaban J connectivity index is 1.22. The Kier molecular flexibility index (Phi) is 5.56. The summed E-state index contributed by atoms with van der Waals surface area (Å²) in [5.41, 5.74) is 3.21. The van der Waals surface area contributed by atoms with Gasteiger partial charge in [0.2, 0.25) is 0 Å². The summed E-state index contributed by atoms with van der Waals surface area (Å²) < 4.78 is 13.4. The largest absolute Gasteiger partial charge is 0.452 e. The van der Waals surface area contributed by atoms with Crippen LogP contribution >= 0.6 is 11.7 Å². The van der Waals surface area contributed by atoms with Crippen LogP contribution in [-0.4, -0.2) is 43.9 Å².